The highest BCUT2D eigenvalue weighted by Crippen LogP contribution is 2.29. The van der Waals surface area contributed by atoms with Crippen molar-refractivity contribution in [3.8, 4) is 0 Å². The van der Waals surface area contributed by atoms with Crippen LogP contribution in [-0.2, 0) is 0 Å². The van der Waals surface area contributed by atoms with Crippen LogP contribution in [0, 0.1) is 0 Å². The van der Waals surface area contributed by atoms with Gasteiger partial charge in [-0.3, -0.25) is 9.59 Å². The van der Waals surface area contributed by atoms with Gasteiger partial charge in [-0.2, -0.15) is 4.57 Å². The second-order valence-corrected chi connectivity index (χ2v) is 6.22. The van der Waals surface area contributed by atoms with E-state index in [1.165, 1.54) is 0 Å². The minimum atomic E-state index is -0.244. The smallest absolute Gasteiger partial charge is 0.286 e. The Balaban J connectivity index is 1.94. The third-order valence-corrected chi connectivity index (χ3v) is 4.53. The molecule has 1 aromatic heterocycles. The number of para-hydroxylation sites is 1. The predicted molar refractivity (Wildman–Crippen MR) is 100 cm³/mol. The SMILES string of the molecule is O=C1C(Nc2ccccc2Cl)=C([n+]2ccccc2)C(=O)c2ccccc21. The fourth-order valence-electron chi connectivity index (χ4n) is 2.97. The maximum Gasteiger partial charge on any atom is 0.286 e. The molecule has 126 valence electrons. The van der Waals surface area contributed by atoms with Crippen LogP contribution in [0.3, 0.4) is 0 Å². The Morgan fingerprint density at radius 1 is 0.731 bits per heavy atom. The van der Waals surface area contributed by atoms with Gasteiger partial charge in [-0.05, 0) is 12.1 Å². The van der Waals surface area contributed by atoms with Crippen molar-refractivity contribution in [2.45, 2.75) is 0 Å². The first-order chi connectivity index (χ1) is 12.7. The number of aromatic nitrogens is 1. The highest BCUT2D eigenvalue weighted by molar-refractivity contribution is 6.37. The molecule has 1 N–H and O–H groups in total. The summed E-state index contributed by atoms with van der Waals surface area (Å²) >= 11 is 6.23. The molecular weight excluding hydrogens is 348 g/mol. The van der Waals surface area contributed by atoms with E-state index in [9.17, 15) is 9.59 Å². The number of ketones is 2. The first kappa shape index (κ1) is 16.2. The van der Waals surface area contributed by atoms with Crippen molar-refractivity contribution in [3.05, 3.63) is 101 Å². The molecule has 0 unspecified atom stereocenters. The number of nitrogens with one attached hydrogen (secondary N) is 1. The summed E-state index contributed by atoms with van der Waals surface area (Å²) in [7, 11) is 0. The highest BCUT2D eigenvalue weighted by atomic mass is 35.5. The summed E-state index contributed by atoms with van der Waals surface area (Å²) in [6.45, 7) is 0. The lowest BCUT2D eigenvalue weighted by molar-refractivity contribution is -0.577. The molecule has 3 aromatic rings. The number of carbonyl (C=O) groups excluding carboxylic acids is 2. The summed E-state index contributed by atoms with van der Waals surface area (Å²) in [6.07, 6.45) is 3.48. The summed E-state index contributed by atoms with van der Waals surface area (Å²) in [6, 6.07) is 19.4. The lowest BCUT2D eigenvalue weighted by atomic mass is 9.90. The third-order valence-electron chi connectivity index (χ3n) is 4.20. The number of pyridine rings is 1. The standard InChI is InChI=1S/C21H13ClN2O2/c22-16-10-4-5-11-17(16)23-18-19(24-12-6-1-7-13-24)21(26)15-9-3-2-8-14(15)20(18)25/h1-13H/p+1. The van der Waals surface area contributed by atoms with Gasteiger partial charge in [0.1, 0.15) is 0 Å². The van der Waals surface area contributed by atoms with Gasteiger partial charge in [-0.25, -0.2) is 0 Å². The number of hydrogen-bond acceptors (Lipinski definition) is 3. The number of halogens is 1. The summed E-state index contributed by atoms with van der Waals surface area (Å²) in [4.78, 5) is 26.3. The summed E-state index contributed by atoms with van der Waals surface area (Å²) in [5.41, 5.74) is 1.83. The van der Waals surface area contributed by atoms with Gasteiger partial charge in [0.15, 0.2) is 18.1 Å². The number of fused-ring (bicyclic) bond motifs is 1. The van der Waals surface area contributed by atoms with Gasteiger partial charge in [0.05, 0.1) is 10.7 Å². The third kappa shape index (κ3) is 2.70. The van der Waals surface area contributed by atoms with Crippen LogP contribution >= 0.6 is 11.6 Å². The van der Waals surface area contributed by atoms with E-state index in [0.717, 1.165) is 0 Å². The first-order valence-electron chi connectivity index (χ1n) is 8.08. The van der Waals surface area contributed by atoms with Gasteiger partial charge in [0.2, 0.25) is 5.78 Å². The lowest BCUT2D eigenvalue weighted by Gasteiger charge is -2.18. The second-order valence-electron chi connectivity index (χ2n) is 5.82. The van der Waals surface area contributed by atoms with Gasteiger partial charge in [-0.1, -0.05) is 54.1 Å². The molecule has 1 aliphatic carbocycles. The van der Waals surface area contributed by atoms with E-state index in [1.807, 2.05) is 12.1 Å². The van der Waals surface area contributed by atoms with E-state index in [-0.39, 0.29) is 23.0 Å². The quantitative estimate of drug-likeness (QED) is 0.718. The molecule has 0 amide bonds. The van der Waals surface area contributed by atoms with Gasteiger partial charge >= 0.3 is 0 Å². The average molecular weight is 362 g/mol. The van der Waals surface area contributed by atoms with Crippen LogP contribution in [0.15, 0.2) is 84.8 Å². The number of nitrogens with zero attached hydrogens (tertiary/aromatic N) is 1. The number of hydrogen-bond donors (Lipinski definition) is 1. The normalized spacial score (nSPS) is 13.6. The van der Waals surface area contributed by atoms with Crippen LogP contribution < -0.4 is 9.88 Å². The summed E-state index contributed by atoms with van der Waals surface area (Å²) < 4.78 is 1.65. The Morgan fingerprint density at radius 2 is 1.35 bits per heavy atom. The Labute approximate surface area is 155 Å². The molecule has 0 radical (unpaired) electrons. The zero-order valence-electron chi connectivity index (χ0n) is 13.6. The maximum atomic E-state index is 13.1. The minimum Gasteiger partial charge on any atom is -0.345 e. The van der Waals surface area contributed by atoms with E-state index in [1.54, 1.807) is 71.6 Å². The molecule has 0 aliphatic heterocycles. The van der Waals surface area contributed by atoms with Gasteiger partial charge in [-0.15, -0.1) is 0 Å². The number of carbonyl (C=O) groups is 2. The molecule has 0 fully saturated rings. The molecule has 26 heavy (non-hydrogen) atoms. The van der Waals surface area contributed by atoms with Crippen molar-refractivity contribution < 1.29 is 14.2 Å². The van der Waals surface area contributed by atoms with E-state index in [0.29, 0.717) is 21.8 Å². The fraction of sp³-hybridized carbons (Fsp3) is 0. The highest BCUT2D eigenvalue weighted by Gasteiger charge is 2.38. The van der Waals surface area contributed by atoms with Crippen LogP contribution in [0.25, 0.3) is 5.70 Å². The molecule has 0 spiro atoms. The van der Waals surface area contributed by atoms with Crippen molar-refractivity contribution in [1.82, 2.24) is 0 Å². The fourth-order valence-corrected chi connectivity index (χ4v) is 3.15. The molecule has 2 aromatic carbocycles. The molecule has 4 nitrogen and oxygen atoms in total. The van der Waals surface area contributed by atoms with Gasteiger partial charge in [0.25, 0.3) is 11.5 Å². The first-order valence-corrected chi connectivity index (χ1v) is 8.45. The van der Waals surface area contributed by atoms with Crippen LogP contribution in [0.2, 0.25) is 5.02 Å². The summed E-state index contributed by atoms with van der Waals surface area (Å²) in [5, 5.41) is 3.54. The summed E-state index contributed by atoms with van der Waals surface area (Å²) in [5.74, 6) is -0.461. The van der Waals surface area contributed by atoms with Crippen LogP contribution in [0.1, 0.15) is 20.7 Å². The molecule has 0 saturated carbocycles. The molecule has 5 heteroatoms. The molecule has 0 atom stereocenters. The second kappa shape index (κ2) is 6.58. The van der Waals surface area contributed by atoms with Gasteiger partial charge in [0, 0.05) is 23.3 Å². The average Bonchev–Trinajstić information content (AvgIpc) is 2.68. The van der Waals surface area contributed by atoms with Crippen molar-refractivity contribution in [1.29, 1.82) is 0 Å². The Bertz CT molecular complexity index is 1060. The molecule has 0 saturated heterocycles. The Hall–Kier alpha value is -3.24. The zero-order valence-corrected chi connectivity index (χ0v) is 14.4. The maximum absolute atomic E-state index is 13.1. The number of anilines is 1. The van der Waals surface area contributed by atoms with E-state index in [2.05, 4.69) is 5.32 Å². The number of rotatable bonds is 3. The largest absolute Gasteiger partial charge is 0.345 e. The monoisotopic (exact) mass is 361 g/mol. The van der Waals surface area contributed by atoms with Crippen LogP contribution in [0.4, 0.5) is 5.69 Å². The Kier molecular flexibility index (Phi) is 4.11. The lowest BCUT2D eigenvalue weighted by Crippen LogP contribution is -2.41. The zero-order chi connectivity index (χ0) is 18.1. The van der Waals surface area contributed by atoms with Crippen molar-refractivity contribution in [3.63, 3.8) is 0 Å². The van der Waals surface area contributed by atoms with Crippen molar-refractivity contribution in [2.24, 2.45) is 0 Å². The molecule has 4 rings (SSSR count). The molecular formula is C21H14ClN2O2+. The number of allylic oxidation sites excluding steroid dienone is 2. The molecule has 0 bridgehead atoms. The molecule has 1 heterocycles. The number of benzene rings is 2. The predicted octanol–water partition coefficient (Wildman–Crippen LogP) is 3.99. The van der Waals surface area contributed by atoms with Crippen molar-refractivity contribution >= 4 is 34.6 Å². The minimum absolute atomic E-state index is 0.206. The van der Waals surface area contributed by atoms with E-state index < -0.39 is 0 Å². The Morgan fingerprint density at radius 3 is 2.04 bits per heavy atom. The van der Waals surface area contributed by atoms with Crippen LogP contribution in [-0.4, -0.2) is 11.6 Å². The number of Topliss-reactive ketones (excluding diaryl/α,β-unsaturated/α-hetero) is 2. The van der Waals surface area contributed by atoms with E-state index in [4.69, 9.17) is 11.6 Å². The van der Waals surface area contributed by atoms with E-state index >= 15 is 0 Å². The van der Waals surface area contributed by atoms with Gasteiger partial charge < -0.3 is 5.32 Å². The van der Waals surface area contributed by atoms with Crippen LogP contribution in [0.5, 0.6) is 0 Å². The molecule has 1 aliphatic rings. The topological polar surface area (TPSA) is 50.1 Å². The van der Waals surface area contributed by atoms with Crippen molar-refractivity contribution in [2.75, 3.05) is 5.32 Å².